The zero-order chi connectivity index (χ0) is 16.9. The molecular weight excluding hydrogens is 324 g/mol. The standard InChI is InChI=1S/C17H16N4O2S/c1-11(22)13-4-2-12(3-5-13)10-15-7-6-14(24-15)8-9-16(23)17-18-20-21-19-17/h2-9,16,23H,10H2,1H3,(H,18,19,20,21). The Bertz CT molecular complexity index is 838. The smallest absolute Gasteiger partial charge is 0.206 e. The van der Waals surface area contributed by atoms with E-state index in [1.165, 1.54) is 4.88 Å². The molecule has 24 heavy (non-hydrogen) atoms. The number of aliphatic hydroxyl groups is 1. The molecular formula is C17H16N4O2S. The quantitative estimate of drug-likeness (QED) is 0.673. The van der Waals surface area contributed by atoms with Gasteiger partial charge in [-0.25, -0.2) is 0 Å². The molecule has 2 aromatic heterocycles. The third-order valence-electron chi connectivity index (χ3n) is 3.49. The molecule has 0 saturated carbocycles. The van der Waals surface area contributed by atoms with Crippen molar-refractivity contribution in [1.29, 1.82) is 0 Å². The number of benzene rings is 1. The van der Waals surface area contributed by atoms with E-state index >= 15 is 0 Å². The minimum atomic E-state index is -0.881. The molecule has 3 aromatic rings. The first-order valence-electron chi connectivity index (χ1n) is 7.40. The Morgan fingerprint density at radius 3 is 2.75 bits per heavy atom. The van der Waals surface area contributed by atoms with E-state index in [2.05, 4.69) is 26.7 Å². The number of H-pyrrole nitrogens is 1. The lowest BCUT2D eigenvalue weighted by Crippen LogP contribution is -1.95. The number of aromatic amines is 1. The normalized spacial score (nSPS) is 12.6. The highest BCUT2D eigenvalue weighted by Crippen LogP contribution is 2.22. The molecule has 7 heteroatoms. The summed E-state index contributed by atoms with van der Waals surface area (Å²) in [6.45, 7) is 1.57. The van der Waals surface area contributed by atoms with Crippen LogP contribution in [-0.2, 0) is 6.42 Å². The first kappa shape index (κ1) is 16.2. The van der Waals surface area contributed by atoms with E-state index in [0.29, 0.717) is 0 Å². The number of hydrogen-bond acceptors (Lipinski definition) is 6. The van der Waals surface area contributed by atoms with Gasteiger partial charge in [0.15, 0.2) is 5.78 Å². The maximum atomic E-state index is 11.3. The number of nitrogens with zero attached hydrogens (tertiary/aromatic N) is 3. The highest BCUT2D eigenvalue weighted by molar-refractivity contribution is 7.12. The van der Waals surface area contributed by atoms with Gasteiger partial charge in [0, 0.05) is 21.7 Å². The molecule has 2 heterocycles. The lowest BCUT2D eigenvalue weighted by molar-refractivity contribution is 0.101. The molecule has 0 amide bonds. The summed E-state index contributed by atoms with van der Waals surface area (Å²) < 4.78 is 0. The number of hydrogen-bond donors (Lipinski definition) is 2. The Morgan fingerprint density at radius 1 is 1.29 bits per heavy atom. The van der Waals surface area contributed by atoms with Crippen LogP contribution in [0.2, 0.25) is 0 Å². The molecule has 2 N–H and O–H groups in total. The van der Waals surface area contributed by atoms with Crippen LogP contribution in [0.3, 0.4) is 0 Å². The van der Waals surface area contributed by atoms with Gasteiger partial charge in [0.25, 0.3) is 0 Å². The molecule has 0 aliphatic carbocycles. The zero-order valence-electron chi connectivity index (χ0n) is 13.0. The third-order valence-corrected chi connectivity index (χ3v) is 4.54. The number of nitrogens with one attached hydrogen (secondary N) is 1. The monoisotopic (exact) mass is 340 g/mol. The average Bonchev–Trinajstić information content (AvgIpc) is 3.25. The summed E-state index contributed by atoms with van der Waals surface area (Å²) in [6, 6.07) is 11.7. The maximum Gasteiger partial charge on any atom is 0.206 e. The predicted molar refractivity (Wildman–Crippen MR) is 91.7 cm³/mol. The number of ketones is 1. The van der Waals surface area contributed by atoms with Gasteiger partial charge in [0.2, 0.25) is 5.82 Å². The lowest BCUT2D eigenvalue weighted by Gasteiger charge is -2.00. The number of aromatic nitrogens is 4. The molecule has 1 unspecified atom stereocenters. The molecule has 0 radical (unpaired) electrons. The second-order valence-corrected chi connectivity index (χ2v) is 6.51. The van der Waals surface area contributed by atoms with Crippen molar-refractivity contribution in [2.75, 3.05) is 0 Å². The summed E-state index contributed by atoms with van der Waals surface area (Å²) in [5, 5.41) is 23.1. The van der Waals surface area contributed by atoms with Crippen LogP contribution in [0.4, 0.5) is 0 Å². The first-order valence-corrected chi connectivity index (χ1v) is 8.21. The van der Waals surface area contributed by atoms with Crippen molar-refractivity contribution in [2.24, 2.45) is 0 Å². The van der Waals surface area contributed by atoms with Gasteiger partial charge >= 0.3 is 0 Å². The van der Waals surface area contributed by atoms with Crippen molar-refractivity contribution in [3.63, 3.8) is 0 Å². The molecule has 0 spiro atoms. The van der Waals surface area contributed by atoms with E-state index in [9.17, 15) is 9.90 Å². The molecule has 0 aliphatic heterocycles. The van der Waals surface area contributed by atoms with Gasteiger partial charge < -0.3 is 5.11 Å². The third kappa shape index (κ3) is 4.01. The van der Waals surface area contributed by atoms with Crippen LogP contribution >= 0.6 is 11.3 Å². The molecule has 3 rings (SSSR count). The molecule has 0 aliphatic rings. The predicted octanol–water partition coefficient (Wildman–Crippen LogP) is 2.80. The number of carbonyl (C=O) groups excluding carboxylic acids is 1. The number of thiophene rings is 1. The molecule has 0 fully saturated rings. The molecule has 0 bridgehead atoms. The van der Waals surface area contributed by atoms with E-state index in [1.54, 1.807) is 24.3 Å². The van der Waals surface area contributed by atoms with Crippen LogP contribution in [0.15, 0.2) is 42.5 Å². The van der Waals surface area contributed by atoms with Gasteiger partial charge in [-0.15, -0.1) is 21.5 Å². The minimum Gasteiger partial charge on any atom is -0.381 e. The minimum absolute atomic E-state index is 0.0743. The summed E-state index contributed by atoms with van der Waals surface area (Å²) in [4.78, 5) is 13.5. The highest BCUT2D eigenvalue weighted by Gasteiger charge is 2.08. The van der Waals surface area contributed by atoms with Crippen molar-refractivity contribution in [3.05, 3.63) is 69.2 Å². The first-order chi connectivity index (χ1) is 11.6. The van der Waals surface area contributed by atoms with Crippen LogP contribution < -0.4 is 0 Å². The van der Waals surface area contributed by atoms with E-state index < -0.39 is 6.10 Å². The van der Waals surface area contributed by atoms with Crippen LogP contribution in [-0.4, -0.2) is 31.5 Å². The SMILES string of the molecule is CC(=O)c1ccc(Cc2ccc(C=CC(O)c3nn[nH]n3)s2)cc1. The van der Waals surface area contributed by atoms with Gasteiger partial charge in [-0.05, 0) is 36.8 Å². The summed E-state index contributed by atoms with van der Waals surface area (Å²) in [7, 11) is 0. The number of carbonyl (C=O) groups is 1. The number of tetrazole rings is 1. The molecule has 0 saturated heterocycles. The largest absolute Gasteiger partial charge is 0.381 e. The van der Waals surface area contributed by atoms with E-state index in [-0.39, 0.29) is 11.6 Å². The Balaban J connectivity index is 1.64. The molecule has 6 nitrogen and oxygen atoms in total. The Morgan fingerprint density at radius 2 is 2.08 bits per heavy atom. The summed E-state index contributed by atoms with van der Waals surface area (Å²) >= 11 is 1.65. The fourth-order valence-corrected chi connectivity index (χ4v) is 3.16. The van der Waals surface area contributed by atoms with Crippen molar-refractivity contribution in [2.45, 2.75) is 19.4 Å². The van der Waals surface area contributed by atoms with Crippen molar-refractivity contribution < 1.29 is 9.90 Å². The zero-order valence-corrected chi connectivity index (χ0v) is 13.8. The fourth-order valence-electron chi connectivity index (χ4n) is 2.20. The second-order valence-electron chi connectivity index (χ2n) is 5.31. The van der Waals surface area contributed by atoms with Crippen LogP contribution in [0.5, 0.6) is 0 Å². The van der Waals surface area contributed by atoms with Crippen LogP contribution in [0.1, 0.15) is 44.5 Å². The lowest BCUT2D eigenvalue weighted by atomic mass is 10.1. The van der Waals surface area contributed by atoms with Gasteiger partial charge in [0.1, 0.15) is 6.10 Å². The Labute approximate surface area is 142 Å². The average molecular weight is 340 g/mol. The topological polar surface area (TPSA) is 91.8 Å². The maximum absolute atomic E-state index is 11.3. The molecule has 122 valence electrons. The molecule has 1 atom stereocenters. The van der Waals surface area contributed by atoms with Gasteiger partial charge in [-0.2, -0.15) is 5.21 Å². The summed E-state index contributed by atoms with van der Waals surface area (Å²) in [5.41, 5.74) is 1.88. The second kappa shape index (κ2) is 7.29. The van der Waals surface area contributed by atoms with Gasteiger partial charge in [0.05, 0.1) is 0 Å². The van der Waals surface area contributed by atoms with Gasteiger partial charge in [-0.3, -0.25) is 4.79 Å². The number of rotatable bonds is 6. The summed E-state index contributed by atoms with van der Waals surface area (Å²) in [5.74, 6) is 0.318. The Kier molecular flexibility index (Phi) is 4.93. The highest BCUT2D eigenvalue weighted by atomic mass is 32.1. The van der Waals surface area contributed by atoms with Crippen LogP contribution in [0.25, 0.3) is 6.08 Å². The van der Waals surface area contributed by atoms with Crippen molar-refractivity contribution >= 4 is 23.2 Å². The molecule has 1 aromatic carbocycles. The van der Waals surface area contributed by atoms with E-state index in [4.69, 9.17) is 0 Å². The number of Topliss-reactive ketones (excluding diaryl/α,β-unsaturated/α-hetero) is 1. The van der Waals surface area contributed by atoms with E-state index in [0.717, 1.165) is 22.4 Å². The van der Waals surface area contributed by atoms with E-state index in [1.807, 2.05) is 36.4 Å². The van der Waals surface area contributed by atoms with Crippen LogP contribution in [0, 0.1) is 0 Å². The van der Waals surface area contributed by atoms with Crippen molar-refractivity contribution in [3.8, 4) is 0 Å². The van der Waals surface area contributed by atoms with Gasteiger partial charge in [-0.1, -0.05) is 29.5 Å². The number of aliphatic hydroxyl groups excluding tert-OH is 1. The Hall–Kier alpha value is -2.64. The fraction of sp³-hybridized carbons (Fsp3) is 0.176. The summed E-state index contributed by atoms with van der Waals surface area (Å²) in [6.07, 6.45) is 3.40. The van der Waals surface area contributed by atoms with Crippen molar-refractivity contribution in [1.82, 2.24) is 20.6 Å².